The Morgan fingerprint density at radius 1 is 1.12 bits per heavy atom. The Labute approximate surface area is 283 Å². The van der Waals surface area contributed by atoms with Gasteiger partial charge in [-0.1, -0.05) is 11.6 Å². The van der Waals surface area contributed by atoms with Crippen molar-refractivity contribution in [1.29, 1.82) is 0 Å². The number of phenols is 1. The van der Waals surface area contributed by atoms with Crippen molar-refractivity contribution < 1.29 is 27.9 Å². The van der Waals surface area contributed by atoms with Crippen LogP contribution in [-0.4, -0.2) is 72.6 Å². The van der Waals surface area contributed by atoms with E-state index < -0.39 is 63.4 Å². The molecule has 0 radical (unpaired) electrons. The summed E-state index contributed by atoms with van der Waals surface area (Å²) in [6.45, 7) is 6.30. The Kier molecular flexibility index (Phi) is 8.30. The highest BCUT2D eigenvalue weighted by atomic mass is 35.5. The number of nitrogens with two attached hydrogens (primary N) is 1. The second-order valence-electron chi connectivity index (χ2n) is 13.1. The largest absolute Gasteiger partial charge is 0.504 e. The number of carbonyl (C=O) groups excluding carboxylic acids is 2. The van der Waals surface area contributed by atoms with Crippen LogP contribution in [0.4, 0.5) is 24.7 Å². The summed E-state index contributed by atoms with van der Waals surface area (Å²) >= 11 is 6.27. The molecule has 1 saturated carbocycles. The molecule has 2 aliphatic heterocycles. The fourth-order valence-electron chi connectivity index (χ4n) is 7.09. The number of hydrogen-bond donors (Lipinski definition) is 3. The zero-order chi connectivity index (χ0) is 34.9. The van der Waals surface area contributed by atoms with Crippen LogP contribution < -0.4 is 21.5 Å². The van der Waals surface area contributed by atoms with E-state index in [9.17, 15) is 23.9 Å². The summed E-state index contributed by atoms with van der Waals surface area (Å²) in [5.74, 6) is -5.90. The van der Waals surface area contributed by atoms with E-state index in [2.05, 4.69) is 27.1 Å². The summed E-state index contributed by atoms with van der Waals surface area (Å²) in [6, 6.07) is 2.85. The van der Waals surface area contributed by atoms with Gasteiger partial charge in [-0.05, 0) is 45.1 Å². The molecule has 4 aromatic rings. The summed E-state index contributed by atoms with van der Waals surface area (Å²) in [4.78, 5) is 52.1. The fraction of sp³-hybridized carbons (Fsp3) is 0.424. The second kappa shape index (κ2) is 12.4. The second-order valence-corrected chi connectivity index (χ2v) is 13.4. The van der Waals surface area contributed by atoms with Crippen LogP contribution in [0.5, 0.6) is 5.75 Å². The van der Waals surface area contributed by atoms with Crippen molar-refractivity contribution in [3.8, 4) is 16.9 Å². The van der Waals surface area contributed by atoms with E-state index in [0.29, 0.717) is 49.5 Å². The van der Waals surface area contributed by atoms with Crippen molar-refractivity contribution in [2.45, 2.75) is 64.7 Å². The highest BCUT2D eigenvalue weighted by molar-refractivity contribution is 6.33. The molecule has 4 N–H and O–H groups in total. The quantitative estimate of drug-likeness (QED) is 0.234. The number of nitrogens with one attached hydrogen (secondary N) is 1. The Hall–Kier alpha value is -4.63. The van der Waals surface area contributed by atoms with Gasteiger partial charge in [-0.15, -0.1) is 0 Å². The van der Waals surface area contributed by atoms with Gasteiger partial charge in [0.25, 0.3) is 11.5 Å². The minimum Gasteiger partial charge on any atom is -0.504 e. The van der Waals surface area contributed by atoms with Gasteiger partial charge in [0.2, 0.25) is 17.7 Å². The summed E-state index contributed by atoms with van der Waals surface area (Å²) in [6.07, 6.45) is 4.81. The van der Waals surface area contributed by atoms with Gasteiger partial charge in [-0.2, -0.15) is 8.78 Å². The number of fused-ring (bicyclic) bond motifs is 2. The van der Waals surface area contributed by atoms with Gasteiger partial charge >= 0.3 is 0 Å². The number of amides is 2. The van der Waals surface area contributed by atoms with Crippen molar-refractivity contribution in [3.05, 3.63) is 62.7 Å². The first-order chi connectivity index (χ1) is 23.3. The lowest BCUT2D eigenvalue weighted by molar-refractivity contribution is -0.116. The maximum atomic E-state index is 15.3. The fourth-order valence-corrected chi connectivity index (χ4v) is 7.24. The average molecular weight is 699 g/mol. The lowest BCUT2D eigenvalue weighted by Gasteiger charge is -2.43. The Bertz CT molecular complexity index is 2100. The molecule has 49 heavy (non-hydrogen) atoms. The van der Waals surface area contributed by atoms with Crippen molar-refractivity contribution >= 4 is 46.0 Å². The van der Waals surface area contributed by atoms with Crippen LogP contribution in [0.25, 0.3) is 22.2 Å². The lowest BCUT2D eigenvalue weighted by Crippen LogP contribution is -2.55. The molecule has 3 aromatic heterocycles. The third-order valence-electron chi connectivity index (χ3n) is 9.90. The third kappa shape index (κ3) is 5.78. The number of benzene rings is 1. The molecular formula is C33H34ClF3N8O4. The van der Waals surface area contributed by atoms with Gasteiger partial charge in [-0.3, -0.25) is 23.9 Å². The minimum absolute atomic E-state index is 0.0108. The van der Waals surface area contributed by atoms with Crippen molar-refractivity contribution in [2.24, 2.45) is 11.7 Å². The molecule has 3 aliphatic rings. The number of hydrogen-bond acceptors (Lipinski definition) is 8. The predicted octanol–water partition coefficient (Wildman–Crippen LogP) is 4.03. The van der Waals surface area contributed by atoms with Crippen molar-refractivity contribution in [3.63, 3.8) is 0 Å². The van der Waals surface area contributed by atoms with E-state index in [0.717, 1.165) is 19.2 Å². The number of primary amides is 1. The molecule has 0 spiro atoms. The van der Waals surface area contributed by atoms with Gasteiger partial charge < -0.3 is 25.6 Å². The maximum Gasteiger partial charge on any atom is 0.263 e. The Morgan fingerprint density at radius 2 is 1.88 bits per heavy atom. The Morgan fingerprint density at radius 3 is 2.57 bits per heavy atom. The van der Waals surface area contributed by atoms with Crippen LogP contribution in [0.1, 0.15) is 49.3 Å². The molecule has 1 aliphatic carbocycles. The molecule has 258 valence electrons. The van der Waals surface area contributed by atoms with E-state index in [4.69, 9.17) is 17.3 Å². The molecule has 12 nitrogen and oxygen atoms in total. The molecule has 16 heteroatoms. The lowest BCUT2D eigenvalue weighted by atomic mass is 10.0. The van der Waals surface area contributed by atoms with E-state index in [-0.39, 0.29) is 28.3 Å². The monoisotopic (exact) mass is 698 g/mol. The van der Waals surface area contributed by atoms with Crippen LogP contribution in [0, 0.1) is 23.5 Å². The number of halogens is 4. The van der Waals surface area contributed by atoms with Gasteiger partial charge in [0, 0.05) is 68.1 Å². The molecule has 1 saturated heterocycles. The highest BCUT2D eigenvalue weighted by Gasteiger charge is 2.36. The molecule has 2 amide bonds. The van der Waals surface area contributed by atoms with Crippen molar-refractivity contribution in [2.75, 3.05) is 29.9 Å². The molecule has 7 rings (SSSR count). The molecular weight excluding hydrogens is 665 g/mol. The number of nitrogens with zero attached hydrogens (tertiary/aromatic N) is 6. The van der Waals surface area contributed by atoms with Crippen LogP contribution in [0.2, 0.25) is 5.02 Å². The molecule has 2 atom stereocenters. The summed E-state index contributed by atoms with van der Waals surface area (Å²) < 4.78 is 47.9. The number of aryl methyl sites for hydroxylation is 1. The number of aromatic hydroxyl groups is 1. The standard InChI is InChI=1S/C33H34ClF3N8O4/c1-15-12-42(16(2)17-5-6-17)8-9-44(15)23-11-21(26(34)30(37)40-23)39-24(46)14-43-13-20(18-10-19(31(38)48)29(47)28(36)27(18)35)25-32(43)41-22-4-3-7-45(22)33(25)49/h10-11,13,15-17,47H,3-9,12,14H2,1-2H3,(H2,38,48)(H,39,40,46). The maximum absolute atomic E-state index is 15.3. The number of piperazine rings is 1. The first kappa shape index (κ1) is 32.9. The first-order valence-corrected chi connectivity index (χ1v) is 16.5. The van der Waals surface area contributed by atoms with Crippen LogP contribution in [0.15, 0.2) is 23.1 Å². The molecule has 0 bridgehead atoms. The van der Waals surface area contributed by atoms with E-state index in [1.165, 1.54) is 34.2 Å². The molecule has 5 heterocycles. The van der Waals surface area contributed by atoms with E-state index in [1.807, 2.05) is 11.8 Å². The number of aromatic nitrogens is 4. The zero-order valence-corrected chi connectivity index (χ0v) is 27.5. The van der Waals surface area contributed by atoms with Gasteiger partial charge in [0.15, 0.2) is 11.6 Å². The Balaban J connectivity index is 1.21. The SMILES string of the molecule is CC(C1CC1)N1CCN(c2cc(NC(=O)Cn3cc(-c4cc(C(N)=O)c(O)c(F)c4F)c4c(=O)n5c(nc43)CCC5)c(Cl)c(F)n2)C(C)C1. The normalized spacial score (nSPS) is 18.6. The molecule has 1 aromatic carbocycles. The predicted molar refractivity (Wildman–Crippen MR) is 176 cm³/mol. The molecule has 2 fully saturated rings. The van der Waals surface area contributed by atoms with Gasteiger partial charge in [-0.25, -0.2) is 14.4 Å². The molecule has 2 unspecified atom stereocenters. The van der Waals surface area contributed by atoms with Crippen LogP contribution in [0.3, 0.4) is 0 Å². The van der Waals surface area contributed by atoms with Crippen LogP contribution in [-0.2, 0) is 24.3 Å². The summed E-state index contributed by atoms with van der Waals surface area (Å²) in [5.41, 5.74) is 3.34. The van der Waals surface area contributed by atoms with Crippen LogP contribution >= 0.6 is 11.6 Å². The highest BCUT2D eigenvalue weighted by Crippen LogP contribution is 2.38. The summed E-state index contributed by atoms with van der Waals surface area (Å²) in [7, 11) is 0. The number of pyridine rings is 1. The average Bonchev–Trinajstić information content (AvgIpc) is 3.70. The topological polar surface area (TPSA) is 152 Å². The third-order valence-corrected chi connectivity index (χ3v) is 10.3. The smallest absolute Gasteiger partial charge is 0.263 e. The minimum atomic E-state index is -1.72. The van der Waals surface area contributed by atoms with E-state index >= 15 is 8.78 Å². The van der Waals surface area contributed by atoms with Gasteiger partial charge in [0.05, 0.1) is 16.6 Å². The number of carbonyl (C=O) groups is 2. The zero-order valence-electron chi connectivity index (χ0n) is 26.8. The first-order valence-electron chi connectivity index (χ1n) is 16.1. The number of anilines is 2. The van der Waals surface area contributed by atoms with Crippen molar-refractivity contribution in [1.82, 2.24) is 24.0 Å². The number of rotatable bonds is 8. The van der Waals surface area contributed by atoms with E-state index in [1.54, 1.807) is 0 Å². The summed E-state index contributed by atoms with van der Waals surface area (Å²) in [5, 5.41) is 12.1. The van der Waals surface area contributed by atoms with Gasteiger partial charge in [0.1, 0.15) is 28.9 Å².